The zero-order valence-corrected chi connectivity index (χ0v) is 17.6. The molecule has 2 atom stereocenters. The van der Waals surface area contributed by atoms with Crippen LogP contribution in [0, 0.1) is 0 Å². The fourth-order valence-electron chi connectivity index (χ4n) is 4.67. The van der Waals surface area contributed by atoms with Gasteiger partial charge in [-0.1, -0.05) is 48.5 Å². The van der Waals surface area contributed by atoms with Crippen molar-refractivity contribution in [3.05, 3.63) is 59.7 Å². The molecule has 1 fully saturated rings. The summed E-state index contributed by atoms with van der Waals surface area (Å²) in [4.78, 5) is 38.1. The number of nitrogens with one attached hydrogen (secondary N) is 1. The van der Waals surface area contributed by atoms with Gasteiger partial charge in [-0.15, -0.1) is 0 Å². The number of carbonyl (C=O) groups is 3. The van der Waals surface area contributed by atoms with Crippen molar-refractivity contribution in [2.75, 3.05) is 19.8 Å². The van der Waals surface area contributed by atoms with E-state index in [0.29, 0.717) is 13.0 Å². The van der Waals surface area contributed by atoms with Crippen LogP contribution in [0.5, 0.6) is 0 Å². The SMILES string of the molecule is O=C(O)CC(NC(=O)OCC1c2ccccc2-c2ccccc21)C(=O)N1CCCC1CO. The van der Waals surface area contributed by atoms with E-state index in [9.17, 15) is 24.6 Å². The predicted octanol–water partition coefficient (Wildman–Crippen LogP) is 2.35. The molecule has 168 valence electrons. The molecule has 4 rings (SSSR count). The molecule has 1 aliphatic carbocycles. The first-order valence-electron chi connectivity index (χ1n) is 10.7. The third-order valence-corrected chi connectivity index (χ3v) is 6.18. The van der Waals surface area contributed by atoms with Gasteiger partial charge in [0.1, 0.15) is 12.6 Å². The number of aliphatic carboxylic acids is 1. The maximum absolute atomic E-state index is 12.9. The average molecular weight is 438 g/mol. The Bertz CT molecular complexity index is 978. The Morgan fingerprint density at radius 2 is 1.69 bits per heavy atom. The summed E-state index contributed by atoms with van der Waals surface area (Å²) in [7, 11) is 0. The van der Waals surface area contributed by atoms with E-state index < -0.39 is 30.4 Å². The highest BCUT2D eigenvalue weighted by Gasteiger charge is 2.35. The molecule has 2 aliphatic rings. The van der Waals surface area contributed by atoms with E-state index in [-0.39, 0.29) is 25.2 Å². The van der Waals surface area contributed by atoms with Crippen LogP contribution in [0.3, 0.4) is 0 Å². The van der Waals surface area contributed by atoms with Crippen LogP contribution in [0.2, 0.25) is 0 Å². The second-order valence-electron chi connectivity index (χ2n) is 8.13. The second kappa shape index (κ2) is 9.40. The van der Waals surface area contributed by atoms with Crippen molar-refractivity contribution >= 4 is 18.0 Å². The fourth-order valence-corrected chi connectivity index (χ4v) is 4.67. The van der Waals surface area contributed by atoms with Crippen LogP contribution in [-0.4, -0.2) is 64.9 Å². The largest absolute Gasteiger partial charge is 0.481 e. The highest BCUT2D eigenvalue weighted by Crippen LogP contribution is 2.44. The van der Waals surface area contributed by atoms with Crippen LogP contribution in [0.1, 0.15) is 36.3 Å². The molecule has 8 nitrogen and oxygen atoms in total. The second-order valence-corrected chi connectivity index (χ2v) is 8.13. The topological polar surface area (TPSA) is 116 Å². The Morgan fingerprint density at radius 1 is 1.06 bits per heavy atom. The van der Waals surface area contributed by atoms with Crippen molar-refractivity contribution in [2.45, 2.75) is 37.3 Å². The van der Waals surface area contributed by atoms with E-state index in [4.69, 9.17) is 4.74 Å². The van der Waals surface area contributed by atoms with Gasteiger partial charge in [-0.3, -0.25) is 9.59 Å². The molecule has 3 N–H and O–H groups in total. The molecule has 8 heteroatoms. The highest BCUT2D eigenvalue weighted by atomic mass is 16.5. The first kappa shape index (κ1) is 21.8. The van der Waals surface area contributed by atoms with Gasteiger partial charge in [0.25, 0.3) is 0 Å². The van der Waals surface area contributed by atoms with Crippen LogP contribution in [0.15, 0.2) is 48.5 Å². The van der Waals surface area contributed by atoms with Crippen molar-refractivity contribution < 1.29 is 29.3 Å². The number of fused-ring (bicyclic) bond motifs is 3. The maximum Gasteiger partial charge on any atom is 0.407 e. The molecule has 2 unspecified atom stereocenters. The quantitative estimate of drug-likeness (QED) is 0.611. The molecule has 0 spiro atoms. The summed E-state index contributed by atoms with van der Waals surface area (Å²) in [6, 6.07) is 14.3. The molecule has 0 saturated carbocycles. The molecule has 2 aromatic rings. The predicted molar refractivity (Wildman–Crippen MR) is 116 cm³/mol. The van der Waals surface area contributed by atoms with E-state index in [1.165, 1.54) is 4.90 Å². The average Bonchev–Trinajstić information content (AvgIpc) is 3.39. The number of carbonyl (C=O) groups excluding carboxylic acids is 2. The Labute approximate surface area is 185 Å². The molecule has 1 heterocycles. The number of benzene rings is 2. The maximum atomic E-state index is 12.9. The van der Waals surface area contributed by atoms with Crippen molar-refractivity contribution in [1.29, 1.82) is 0 Å². The summed E-state index contributed by atoms with van der Waals surface area (Å²) in [6.07, 6.45) is -0.0296. The van der Waals surface area contributed by atoms with E-state index >= 15 is 0 Å². The Morgan fingerprint density at radius 3 is 2.28 bits per heavy atom. The van der Waals surface area contributed by atoms with Gasteiger partial charge in [-0.2, -0.15) is 0 Å². The van der Waals surface area contributed by atoms with Gasteiger partial charge < -0.3 is 25.2 Å². The van der Waals surface area contributed by atoms with E-state index in [2.05, 4.69) is 5.32 Å². The highest BCUT2D eigenvalue weighted by molar-refractivity contribution is 5.89. The minimum atomic E-state index is -1.25. The van der Waals surface area contributed by atoms with Crippen LogP contribution in [0.4, 0.5) is 4.79 Å². The third kappa shape index (κ3) is 4.31. The first-order chi connectivity index (χ1) is 15.5. The standard InChI is InChI=1S/C24H26N2O6/c27-13-15-6-5-11-26(15)23(30)21(12-22(28)29)25-24(31)32-14-20-18-9-3-1-7-16(18)17-8-2-4-10-19(17)20/h1-4,7-10,15,20-21,27H,5-6,11-14H2,(H,25,31)(H,28,29). The molecule has 0 radical (unpaired) electrons. The van der Waals surface area contributed by atoms with Crippen LogP contribution >= 0.6 is 0 Å². The number of ether oxygens (including phenoxy) is 1. The Balaban J connectivity index is 1.44. The molecule has 2 amide bonds. The number of carboxylic acids is 1. The van der Waals surface area contributed by atoms with Crippen LogP contribution in [-0.2, 0) is 14.3 Å². The summed E-state index contributed by atoms with van der Waals surface area (Å²) in [5, 5.41) is 21.1. The van der Waals surface area contributed by atoms with E-state index in [1.54, 1.807) is 0 Å². The van der Waals surface area contributed by atoms with E-state index in [1.807, 2.05) is 48.5 Å². The molecule has 32 heavy (non-hydrogen) atoms. The summed E-state index contributed by atoms with van der Waals surface area (Å²) in [5.74, 6) is -1.86. The number of alkyl carbamates (subject to hydrolysis) is 1. The number of hydrogen-bond acceptors (Lipinski definition) is 5. The van der Waals surface area contributed by atoms with Gasteiger partial charge in [0.05, 0.1) is 19.1 Å². The van der Waals surface area contributed by atoms with Gasteiger partial charge in [-0.05, 0) is 35.1 Å². The number of amides is 2. The number of carboxylic acid groups (broad SMARTS) is 1. The number of rotatable bonds is 7. The van der Waals surface area contributed by atoms with Gasteiger partial charge in [0.15, 0.2) is 0 Å². The zero-order chi connectivity index (χ0) is 22.7. The first-order valence-corrected chi connectivity index (χ1v) is 10.7. The van der Waals surface area contributed by atoms with Gasteiger partial charge in [-0.25, -0.2) is 4.79 Å². The minimum absolute atomic E-state index is 0.0663. The Kier molecular flexibility index (Phi) is 6.41. The Hall–Kier alpha value is -3.39. The molecular formula is C24H26N2O6. The van der Waals surface area contributed by atoms with Gasteiger partial charge in [0.2, 0.25) is 5.91 Å². The molecule has 1 aliphatic heterocycles. The fraction of sp³-hybridized carbons (Fsp3) is 0.375. The number of aliphatic hydroxyl groups is 1. The lowest BCUT2D eigenvalue weighted by atomic mass is 9.98. The van der Waals surface area contributed by atoms with Crippen LogP contribution < -0.4 is 5.32 Å². The van der Waals surface area contributed by atoms with Crippen molar-refractivity contribution in [3.63, 3.8) is 0 Å². The molecule has 0 aromatic heterocycles. The lowest BCUT2D eigenvalue weighted by Crippen LogP contribution is -2.51. The number of hydrogen-bond donors (Lipinski definition) is 3. The van der Waals surface area contributed by atoms with Crippen LogP contribution in [0.25, 0.3) is 11.1 Å². The van der Waals surface area contributed by atoms with Gasteiger partial charge in [0, 0.05) is 12.5 Å². The summed E-state index contributed by atoms with van der Waals surface area (Å²) in [6.45, 7) is 0.292. The third-order valence-electron chi connectivity index (χ3n) is 6.18. The zero-order valence-electron chi connectivity index (χ0n) is 17.6. The summed E-state index contributed by atoms with van der Waals surface area (Å²) in [5.41, 5.74) is 4.31. The number of nitrogens with zero attached hydrogens (tertiary/aromatic N) is 1. The van der Waals surface area contributed by atoms with E-state index in [0.717, 1.165) is 28.7 Å². The molecule has 0 bridgehead atoms. The van der Waals surface area contributed by atoms with Crippen molar-refractivity contribution in [3.8, 4) is 11.1 Å². The normalized spacial score (nSPS) is 18.0. The summed E-state index contributed by atoms with van der Waals surface area (Å²) >= 11 is 0. The summed E-state index contributed by atoms with van der Waals surface area (Å²) < 4.78 is 5.45. The van der Waals surface area contributed by atoms with Gasteiger partial charge >= 0.3 is 12.1 Å². The molecular weight excluding hydrogens is 412 g/mol. The monoisotopic (exact) mass is 438 g/mol. The van der Waals surface area contributed by atoms with Crippen molar-refractivity contribution in [2.24, 2.45) is 0 Å². The smallest absolute Gasteiger partial charge is 0.407 e. The lowest BCUT2D eigenvalue weighted by molar-refractivity contribution is -0.143. The number of likely N-dealkylation sites (tertiary alicyclic amines) is 1. The molecule has 2 aromatic carbocycles. The number of aliphatic hydroxyl groups excluding tert-OH is 1. The minimum Gasteiger partial charge on any atom is -0.481 e. The lowest BCUT2D eigenvalue weighted by Gasteiger charge is -2.27. The molecule has 1 saturated heterocycles. The van der Waals surface area contributed by atoms with Crippen molar-refractivity contribution in [1.82, 2.24) is 10.2 Å².